The number of nitrogens with two attached hydrogens (primary N) is 2. The number of hydrogen-bond donors (Lipinski definition) is 2. The molecule has 2 unspecified atom stereocenters. The quantitative estimate of drug-likeness (QED) is 0.775. The lowest BCUT2D eigenvalue weighted by molar-refractivity contribution is 0.809. The van der Waals surface area contributed by atoms with E-state index in [9.17, 15) is 0 Å². The largest absolute Gasteiger partial charge is 0.331 e. The van der Waals surface area contributed by atoms with Crippen molar-refractivity contribution >= 4 is 9.52 Å². The van der Waals surface area contributed by atoms with Crippen molar-refractivity contribution in [1.29, 1.82) is 0 Å². The summed E-state index contributed by atoms with van der Waals surface area (Å²) in [5.74, 6) is 0. The lowest BCUT2D eigenvalue weighted by Gasteiger charge is -2.16. The minimum absolute atomic E-state index is 0.265. The number of hydrogen-bond acceptors (Lipinski definition) is 2. The zero-order chi connectivity index (χ0) is 13.5. The van der Waals surface area contributed by atoms with Gasteiger partial charge in [-0.3, -0.25) is 0 Å². The Bertz CT molecular complexity index is 427. The Hall–Kier alpha value is -1.42. The zero-order valence-electron chi connectivity index (χ0n) is 11.2. The molecule has 0 aliphatic carbocycles. The van der Waals surface area contributed by atoms with Crippen molar-refractivity contribution in [3.05, 3.63) is 71.8 Å². The van der Waals surface area contributed by atoms with Gasteiger partial charge in [0.15, 0.2) is 0 Å². The molecule has 19 heavy (non-hydrogen) atoms. The molecule has 3 heteroatoms. The fourth-order valence-corrected chi connectivity index (χ4v) is 4.17. The summed E-state index contributed by atoms with van der Waals surface area (Å²) in [6, 6.07) is 20.9. The predicted molar refractivity (Wildman–Crippen MR) is 84.8 cm³/mol. The smallest absolute Gasteiger partial charge is 0.0606 e. The van der Waals surface area contributed by atoms with Crippen LogP contribution in [0.25, 0.3) is 0 Å². The topological polar surface area (TPSA) is 52.0 Å². The summed E-state index contributed by atoms with van der Waals surface area (Å²) in [4.78, 5) is 0. The molecule has 0 spiro atoms. The molecule has 100 valence electrons. The minimum Gasteiger partial charge on any atom is -0.331 e. The van der Waals surface area contributed by atoms with Crippen LogP contribution in [-0.2, 0) is 12.8 Å². The number of rotatable bonds is 6. The lowest BCUT2D eigenvalue weighted by Crippen LogP contribution is -2.43. The summed E-state index contributed by atoms with van der Waals surface area (Å²) in [6.45, 7) is 0. The Morgan fingerprint density at radius 2 is 1.05 bits per heavy atom. The average molecular weight is 270 g/mol. The van der Waals surface area contributed by atoms with E-state index in [-0.39, 0.29) is 11.3 Å². The third-order valence-corrected chi connectivity index (χ3v) is 5.08. The van der Waals surface area contributed by atoms with Crippen molar-refractivity contribution in [1.82, 2.24) is 0 Å². The van der Waals surface area contributed by atoms with Gasteiger partial charge in [-0.05, 0) is 35.3 Å². The second-order valence-corrected chi connectivity index (χ2v) is 7.70. The molecule has 2 rings (SSSR count). The van der Waals surface area contributed by atoms with Crippen LogP contribution in [0.5, 0.6) is 0 Å². The van der Waals surface area contributed by atoms with E-state index in [1.807, 2.05) is 12.1 Å². The van der Waals surface area contributed by atoms with E-state index >= 15 is 0 Å². The Morgan fingerprint density at radius 3 is 1.42 bits per heavy atom. The van der Waals surface area contributed by atoms with Crippen LogP contribution in [0.2, 0.25) is 0 Å². The van der Waals surface area contributed by atoms with Gasteiger partial charge in [0.05, 0.1) is 9.52 Å². The van der Waals surface area contributed by atoms with Crippen molar-refractivity contribution in [2.24, 2.45) is 11.5 Å². The van der Waals surface area contributed by atoms with Crippen LogP contribution in [0, 0.1) is 0 Å². The van der Waals surface area contributed by atoms with Crippen LogP contribution >= 0.6 is 0 Å². The highest BCUT2D eigenvalue weighted by atomic mass is 28.2. The van der Waals surface area contributed by atoms with Crippen LogP contribution in [-0.4, -0.2) is 20.8 Å². The summed E-state index contributed by atoms with van der Waals surface area (Å²) in [6.07, 6.45) is 1.91. The van der Waals surface area contributed by atoms with Crippen molar-refractivity contribution < 1.29 is 0 Å². The first-order chi connectivity index (χ1) is 9.24. The predicted octanol–water partition coefficient (Wildman–Crippen LogP) is 1.21. The maximum atomic E-state index is 6.24. The van der Waals surface area contributed by atoms with Gasteiger partial charge in [-0.25, -0.2) is 0 Å². The Labute approximate surface area is 117 Å². The molecule has 0 bridgehead atoms. The van der Waals surface area contributed by atoms with E-state index in [1.165, 1.54) is 11.1 Å². The number of benzene rings is 2. The molecular weight excluding hydrogens is 248 g/mol. The molecule has 0 saturated carbocycles. The normalized spacial score (nSPS) is 14.6. The molecule has 2 aromatic rings. The van der Waals surface area contributed by atoms with Crippen LogP contribution in [0.4, 0.5) is 0 Å². The molecule has 0 heterocycles. The highest BCUT2D eigenvalue weighted by molar-refractivity contribution is 6.39. The van der Waals surface area contributed by atoms with Gasteiger partial charge in [-0.1, -0.05) is 60.7 Å². The second-order valence-electron chi connectivity index (χ2n) is 5.14. The monoisotopic (exact) mass is 270 g/mol. The van der Waals surface area contributed by atoms with Gasteiger partial charge in [-0.2, -0.15) is 0 Å². The highest BCUT2D eigenvalue weighted by Crippen LogP contribution is 2.04. The zero-order valence-corrected chi connectivity index (χ0v) is 12.6. The molecule has 0 radical (unpaired) electrons. The molecule has 0 aromatic heterocycles. The Morgan fingerprint density at radius 1 is 0.684 bits per heavy atom. The molecule has 0 aliphatic heterocycles. The van der Waals surface area contributed by atoms with Crippen molar-refractivity contribution in [2.45, 2.75) is 24.2 Å². The maximum Gasteiger partial charge on any atom is 0.0606 e. The third-order valence-electron chi connectivity index (χ3n) is 3.29. The first-order valence-corrected chi connectivity index (χ1v) is 8.46. The van der Waals surface area contributed by atoms with Gasteiger partial charge in [0, 0.05) is 0 Å². The van der Waals surface area contributed by atoms with E-state index in [4.69, 9.17) is 11.5 Å². The fourth-order valence-electron chi connectivity index (χ4n) is 2.39. The first-order valence-electron chi connectivity index (χ1n) is 6.83. The van der Waals surface area contributed by atoms with Crippen LogP contribution < -0.4 is 11.5 Å². The fraction of sp³-hybridized carbons (Fsp3) is 0.250. The second kappa shape index (κ2) is 7.24. The van der Waals surface area contributed by atoms with Gasteiger partial charge in [-0.15, -0.1) is 0 Å². The Balaban J connectivity index is 1.80. The molecule has 2 nitrogen and oxygen atoms in total. The van der Waals surface area contributed by atoms with Gasteiger partial charge in [0.1, 0.15) is 0 Å². The van der Waals surface area contributed by atoms with E-state index in [0.717, 1.165) is 12.8 Å². The highest BCUT2D eigenvalue weighted by Gasteiger charge is 2.11. The SMILES string of the molecule is NC(Cc1ccccc1)[SiH2]C(N)Cc1ccccc1. The molecule has 0 amide bonds. The summed E-state index contributed by atoms with van der Waals surface area (Å²) >= 11 is 0. The molecule has 4 N–H and O–H groups in total. The summed E-state index contributed by atoms with van der Waals surface area (Å²) in [7, 11) is -0.472. The van der Waals surface area contributed by atoms with Gasteiger partial charge < -0.3 is 11.5 Å². The van der Waals surface area contributed by atoms with Crippen molar-refractivity contribution in [3.8, 4) is 0 Å². The molecular formula is C16H22N2Si. The molecule has 0 aliphatic rings. The minimum atomic E-state index is -0.472. The third kappa shape index (κ3) is 4.99. The summed E-state index contributed by atoms with van der Waals surface area (Å²) in [5.41, 5.74) is 15.6. The maximum absolute atomic E-state index is 6.24. The van der Waals surface area contributed by atoms with Crippen molar-refractivity contribution in [3.63, 3.8) is 0 Å². The Kier molecular flexibility index (Phi) is 5.33. The van der Waals surface area contributed by atoms with Gasteiger partial charge >= 0.3 is 0 Å². The standard InChI is InChI=1S/C16H22N2Si/c17-15(11-13-7-3-1-4-8-13)19-16(18)12-14-9-5-2-6-10-14/h1-10,15-16H,11-12,17-19H2. The lowest BCUT2D eigenvalue weighted by atomic mass is 10.1. The van der Waals surface area contributed by atoms with Crippen molar-refractivity contribution in [2.75, 3.05) is 0 Å². The van der Waals surface area contributed by atoms with Gasteiger partial charge in [0.25, 0.3) is 0 Å². The molecule has 2 atom stereocenters. The molecule has 0 fully saturated rings. The summed E-state index contributed by atoms with van der Waals surface area (Å²) < 4.78 is 0. The van der Waals surface area contributed by atoms with Crippen LogP contribution in [0.3, 0.4) is 0 Å². The molecule has 0 saturated heterocycles. The average Bonchev–Trinajstić information content (AvgIpc) is 2.40. The van der Waals surface area contributed by atoms with E-state index < -0.39 is 9.52 Å². The van der Waals surface area contributed by atoms with Gasteiger partial charge in [0.2, 0.25) is 0 Å². The van der Waals surface area contributed by atoms with Crippen LogP contribution in [0.1, 0.15) is 11.1 Å². The van der Waals surface area contributed by atoms with E-state index in [1.54, 1.807) is 0 Å². The van der Waals surface area contributed by atoms with Crippen LogP contribution in [0.15, 0.2) is 60.7 Å². The molecule has 2 aromatic carbocycles. The summed E-state index contributed by atoms with van der Waals surface area (Å²) in [5, 5.41) is 0. The first kappa shape index (κ1) is 14.0. The van der Waals surface area contributed by atoms with E-state index in [2.05, 4.69) is 48.5 Å². The van der Waals surface area contributed by atoms with E-state index in [0.29, 0.717) is 0 Å².